The summed E-state index contributed by atoms with van der Waals surface area (Å²) in [5.41, 5.74) is 2.16. The minimum atomic E-state index is -0.713. The van der Waals surface area contributed by atoms with Crippen LogP contribution < -0.4 is 0 Å². The second-order valence-electron chi connectivity index (χ2n) is 11.0. The average molecular weight is 416 g/mol. The Morgan fingerprint density at radius 2 is 2.00 bits per heavy atom. The zero-order chi connectivity index (χ0) is 24.6. The monoisotopic (exact) mass is 415 g/mol. The van der Waals surface area contributed by atoms with E-state index >= 15 is 0 Å². The van der Waals surface area contributed by atoms with Crippen LogP contribution >= 0.6 is 0 Å². The van der Waals surface area contributed by atoms with E-state index in [-0.39, 0.29) is 17.9 Å². The number of fused-ring (bicyclic) bond motifs is 1. The van der Waals surface area contributed by atoms with Crippen molar-refractivity contribution in [3.8, 4) is 0 Å². The van der Waals surface area contributed by atoms with Gasteiger partial charge in [-0.3, -0.25) is 0 Å². The fraction of sp³-hybridized carbons (Fsp3) is 0.714. The summed E-state index contributed by atoms with van der Waals surface area (Å²) in [4.78, 5) is 0. The fourth-order valence-corrected chi connectivity index (χ4v) is 6.08. The van der Waals surface area contributed by atoms with E-state index in [0.29, 0.717) is 54.2 Å². The molecule has 0 aliphatic heterocycles. The molecule has 3 fully saturated rings. The Balaban J connectivity index is 1.85. The average Bonchev–Trinajstić information content (AvgIpc) is 3.08. The van der Waals surface area contributed by atoms with Gasteiger partial charge in [-0.05, 0) is 94.0 Å². The van der Waals surface area contributed by atoms with Gasteiger partial charge in [0.15, 0.2) is 0 Å². The molecule has 0 aromatic carbocycles. The zero-order valence-corrected chi connectivity index (χ0v) is 19.7. The molecule has 3 aliphatic carbocycles. The molecule has 0 saturated heterocycles. The van der Waals surface area contributed by atoms with Crippen molar-refractivity contribution >= 4 is 0 Å². The summed E-state index contributed by atoms with van der Waals surface area (Å²) in [5, 5.41) is 20.4. The summed E-state index contributed by atoms with van der Waals surface area (Å²) in [6, 6.07) is 0.399. The first-order valence-corrected chi connectivity index (χ1v) is 12.0. The van der Waals surface area contributed by atoms with Crippen molar-refractivity contribution < 1.29 is 14.3 Å². The van der Waals surface area contributed by atoms with Gasteiger partial charge < -0.3 is 10.2 Å². The van der Waals surface area contributed by atoms with Gasteiger partial charge in [0, 0.05) is 5.92 Å². The first kappa shape index (κ1) is 19.6. The van der Waals surface area contributed by atoms with Gasteiger partial charge in [-0.25, -0.2) is 0 Å². The van der Waals surface area contributed by atoms with Gasteiger partial charge in [0.05, 0.1) is 15.8 Å². The van der Waals surface area contributed by atoms with E-state index in [4.69, 9.17) is 4.11 Å². The smallest absolute Gasteiger partial charge is 0.0651 e. The molecule has 3 aliphatic rings. The fourth-order valence-electron chi connectivity index (χ4n) is 6.08. The van der Waals surface area contributed by atoms with Crippen LogP contribution in [0.3, 0.4) is 0 Å². The Morgan fingerprint density at radius 1 is 1.23 bits per heavy atom. The molecule has 2 nitrogen and oxygen atoms in total. The van der Waals surface area contributed by atoms with Crippen LogP contribution in [0.25, 0.3) is 0 Å². The lowest BCUT2D eigenvalue weighted by Crippen LogP contribution is -2.35. The lowest BCUT2D eigenvalue weighted by Gasteiger charge is -2.44. The summed E-state index contributed by atoms with van der Waals surface area (Å²) in [5.74, 6) is 1.59. The Bertz CT molecular complexity index is 844. The van der Waals surface area contributed by atoms with Crippen LogP contribution in [0, 0.1) is 29.1 Å². The molecular weight excluding hydrogens is 368 g/mol. The third-order valence-electron chi connectivity index (χ3n) is 8.45. The molecule has 168 valence electrons. The van der Waals surface area contributed by atoms with Crippen LogP contribution in [0.2, 0.25) is 0 Å². The van der Waals surface area contributed by atoms with Gasteiger partial charge in [-0.1, -0.05) is 62.7 Å². The van der Waals surface area contributed by atoms with Crippen molar-refractivity contribution in [2.45, 2.75) is 97.7 Å². The first-order valence-electron chi connectivity index (χ1n) is 13.5. The lowest BCUT2D eigenvalue weighted by molar-refractivity contribution is 0.0436. The van der Waals surface area contributed by atoms with Crippen LogP contribution in [0.5, 0.6) is 0 Å². The number of hydrogen-bond donors (Lipinski definition) is 2. The highest BCUT2D eigenvalue weighted by Crippen LogP contribution is 2.59. The summed E-state index contributed by atoms with van der Waals surface area (Å²) in [6.07, 6.45) is 13.2. The highest BCUT2D eigenvalue weighted by molar-refractivity contribution is 5.36. The Morgan fingerprint density at radius 3 is 2.70 bits per heavy atom. The number of allylic oxidation sites excluding steroid dienone is 5. The Kier molecular flexibility index (Phi) is 5.98. The van der Waals surface area contributed by atoms with Crippen molar-refractivity contribution in [1.29, 1.82) is 0 Å². The van der Waals surface area contributed by atoms with Gasteiger partial charge in [0.25, 0.3) is 0 Å². The molecular formula is C28H44O2. The molecule has 0 heterocycles. The third-order valence-corrected chi connectivity index (χ3v) is 8.45. The Labute approximate surface area is 189 Å². The molecule has 6 atom stereocenters. The van der Waals surface area contributed by atoms with Crippen LogP contribution in [-0.4, -0.2) is 21.9 Å². The summed E-state index contributed by atoms with van der Waals surface area (Å²) < 4.78 is 24.4. The Hall–Kier alpha value is -1.12. The predicted octanol–water partition coefficient (Wildman–Crippen LogP) is 6.76. The summed E-state index contributed by atoms with van der Waals surface area (Å²) >= 11 is 0. The summed E-state index contributed by atoms with van der Waals surface area (Å²) in [7, 11) is 0. The van der Waals surface area contributed by atoms with Crippen molar-refractivity contribution in [2.75, 3.05) is 0 Å². The van der Waals surface area contributed by atoms with E-state index < -0.39 is 11.7 Å². The molecule has 0 aromatic heterocycles. The first-order chi connectivity index (χ1) is 15.3. The highest BCUT2D eigenvalue weighted by Gasteiger charge is 2.50. The molecule has 3 rings (SSSR count). The zero-order valence-electron chi connectivity index (χ0n) is 22.7. The molecule has 3 saturated carbocycles. The molecule has 30 heavy (non-hydrogen) atoms. The standard InChI is InChI=1S/C28H44O2/c1-19-10-14-24(29)18-23(19)13-12-22-8-7-17-28(6)25(15-16-26(22)28)20(2)9-11-21(3)27(4,5)30/h9,11-13,20-21,24-26,29-30H,1,7-8,10,14-18H2,2-6H3/b11-9+,22-12+,23-13?/t20-,21+,24+,25-,26+,28-/m1/s1/i1D2,13D. The molecule has 0 aromatic rings. The molecule has 0 unspecified atom stereocenters. The topological polar surface area (TPSA) is 40.5 Å². The normalized spacial score (nSPS) is 39.3. The number of aliphatic hydroxyl groups excluding tert-OH is 1. The molecule has 0 radical (unpaired) electrons. The SMILES string of the molecule is [2H]C([2H])=C1CC[C@H](O)CC1=C([2H])/C=C1\CCC[C@]2(C)[C@@H]([C@H](C)/C=C/[C@H](C)C(C)(C)O)CC[C@@H]12. The van der Waals surface area contributed by atoms with Crippen LogP contribution in [0.4, 0.5) is 0 Å². The van der Waals surface area contributed by atoms with Gasteiger partial charge >= 0.3 is 0 Å². The number of hydrogen-bond acceptors (Lipinski definition) is 2. The predicted molar refractivity (Wildman–Crippen MR) is 127 cm³/mol. The van der Waals surface area contributed by atoms with Gasteiger partial charge in [0.2, 0.25) is 0 Å². The van der Waals surface area contributed by atoms with Crippen LogP contribution in [-0.2, 0) is 0 Å². The van der Waals surface area contributed by atoms with E-state index in [2.05, 4.69) is 32.9 Å². The van der Waals surface area contributed by atoms with Gasteiger partial charge in [0.1, 0.15) is 0 Å². The van der Waals surface area contributed by atoms with E-state index in [1.165, 1.54) is 18.4 Å². The number of rotatable bonds is 5. The molecule has 0 spiro atoms. The second-order valence-corrected chi connectivity index (χ2v) is 11.0. The lowest BCUT2D eigenvalue weighted by atomic mass is 9.61. The molecule has 2 N–H and O–H groups in total. The minimum absolute atomic E-state index is 0.108. The van der Waals surface area contributed by atoms with E-state index in [1.54, 1.807) is 0 Å². The van der Waals surface area contributed by atoms with Crippen molar-refractivity contribution in [1.82, 2.24) is 0 Å². The maximum atomic E-state index is 10.3. The quantitative estimate of drug-likeness (QED) is 0.487. The highest BCUT2D eigenvalue weighted by atomic mass is 16.3. The van der Waals surface area contributed by atoms with Crippen LogP contribution in [0.1, 0.15) is 90.1 Å². The summed E-state index contributed by atoms with van der Waals surface area (Å²) in [6.45, 7) is 10.3. The van der Waals surface area contributed by atoms with E-state index in [9.17, 15) is 10.2 Å². The van der Waals surface area contributed by atoms with Crippen molar-refractivity contribution in [3.63, 3.8) is 0 Å². The third kappa shape index (κ3) is 5.02. The second kappa shape index (κ2) is 9.17. The molecule has 0 amide bonds. The van der Waals surface area contributed by atoms with Crippen molar-refractivity contribution in [2.24, 2.45) is 29.1 Å². The molecule has 2 heteroatoms. The largest absolute Gasteiger partial charge is 0.393 e. The maximum absolute atomic E-state index is 10.3. The van der Waals surface area contributed by atoms with Crippen molar-refractivity contribution in [3.05, 3.63) is 47.5 Å². The van der Waals surface area contributed by atoms with Crippen LogP contribution in [0.15, 0.2) is 47.5 Å². The van der Waals surface area contributed by atoms with E-state index in [0.717, 1.165) is 19.3 Å². The minimum Gasteiger partial charge on any atom is -0.393 e. The molecule has 0 bridgehead atoms. The van der Waals surface area contributed by atoms with E-state index in [1.807, 2.05) is 19.9 Å². The van der Waals surface area contributed by atoms with Gasteiger partial charge in [-0.2, -0.15) is 0 Å². The number of aliphatic hydroxyl groups is 2. The van der Waals surface area contributed by atoms with Gasteiger partial charge in [-0.15, -0.1) is 0 Å². The maximum Gasteiger partial charge on any atom is 0.0651 e.